The Bertz CT molecular complexity index is 1080. The first-order valence-electron chi connectivity index (χ1n) is 9.17. The Morgan fingerprint density at radius 2 is 1.76 bits per heavy atom. The number of para-hydroxylation sites is 1. The molecule has 2 aromatic carbocycles. The molecule has 3 rings (SSSR count). The predicted molar refractivity (Wildman–Crippen MR) is 114 cm³/mol. The molecule has 0 aliphatic carbocycles. The van der Waals surface area contributed by atoms with Crippen molar-refractivity contribution in [2.45, 2.75) is 18.1 Å². The summed E-state index contributed by atoms with van der Waals surface area (Å²) in [6.07, 6.45) is 0. The van der Waals surface area contributed by atoms with Crippen LogP contribution in [0.1, 0.15) is 18.5 Å². The lowest BCUT2D eigenvalue weighted by molar-refractivity contribution is -0.124. The molecule has 0 radical (unpaired) electrons. The van der Waals surface area contributed by atoms with Gasteiger partial charge in [-0.3, -0.25) is 19.0 Å². The van der Waals surface area contributed by atoms with Gasteiger partial charge in [0.05, 0.1) is 29.2 Å². The number of aromatic nitrogens is 2. The highest BCUT2D eigenvalue weighted by molar-refractivity contribution is 7.99. The Hall–Kier alpha value is -3.13. The normalized spacial score (nSPS) is 11.8. The van der Waals surface area contributed by atoms with Gasteiger partial charge in [0.2, 0.25) is 11.8 Å². The van der Waals surface area contributed by atoms with E-state index >= 15 is 0 Å². The van der Waals surface area contributed by atoms with Crippen LogP contribution in [0.15, 0.2) is 64.5 Å². The monoisotopic (exact) mass is 410 g/mol. The molecule has 0 spiro atoms. The maximum atomic E-state index is 13.2. The van der Waals surface area contributed by atoms with Crippen molar-refractivity contribution >= 4 is 34.5 Å². The standard InChI is InChI=1S/C21H22N4O3S/c1-14(15-8-4-3-5-9-15)25-20(28)16-10-6-7-11-17(16)24-21(25)29-13-19(27)23-12-18(26)22-2/h3-11,14H,12-13H2,1-2H3,(H,22,26)(H,23,27)/t14-/m1/s1. The minimum atomic E-state index is -0.306. The Morgan fingerprint density at radius 1 is 1.07 bits per heavy atom. The van der Waals surface area contributed by atoms with Gasteiger partial charge < -0.3 is 10.6 Å². The number of carbonyl (C=O) groups excluding carboxylic acids is 2. The minimum Gasteiger partial charge on any atom is -0.358 e. The van der Waals surface area contributed by atoms with Crippen molar-refractivity contribution in [1.82, 2.24) is 20.2 Å². The Morgan fingerprint density at radius 3 is 2.48 bits per heavy atom. The number of likely N-dealkylation sites (N-methyl/N-ethyl adjacent to an activating group) is 1. The predicted octanol–water partition coefficient (Wildman–Crippen LogP) is 1.96. The molecule has 150 valence electrons. The first-order valence-corrected chi connectivity index (χ1v) is 10.2. The maximum absolute atomic E-state index is 13.2. The molecule has 8 heteroatoms. The Kier molecular flexibility index (Phi) is 6.66. The summed E-state index contributed by atoms with van der Waals surface area (Å²) in [6.45, 7) is 1.84. The smallest absolute Gasteiger partial charge is 0.262 e. The molecule has 29 heavy (non-hydrogen) atoms. The van der Waals surface area contributed by atoms with E-state index in [0.29, 0.717) is 16.1 Å². The summed E-state index contributed by atoms with van der Waals surface area (Å²) < 4.78 is 1.62. The average Bonchev–Trinajstić information content (AvgIpc) is 2.76. The van der Waals surface area contributed by atoms with E-state index in [1.54, 1.807) is 16.7 Å². The van der Waals surface area contributed by atoms with Gasteiger partial charge in [0.1, 0.15) is 0 Å². The van der Waals surface area contributed by atoms with Gasteiger partial charge in [-0.2, -0.15) is 0 Å². The highest BCUT2D eigenvalue weighted by atomic mass is 32.2. The second kappa shape index (κ2) is 9.38. The molecule has 0 aliphatic rings. The van der Waals surface area contributed by atoms with Crippen LogP contribution in [0.5, 0.6) is 0 Å². The van der Waals surface area contributed by atoms with Gasteiger partial charge in [0, 0.05) is 7.05 Å². The average molecular weight is 410 g/mol. The molecule has 3 aromatic rings. The van der Waals surface area contributed by atoms with E-state index in [-0.39, 0.29) is 35.7 Å². The van der Waals surface area contributed by atoms with Crippen LogP contribution in [-0.2, 0) is 9.59 Å². The van der Waals surface area contributed by atoms with Gasteiger partial charge in [-0.05, 0) is 24.6 Å². The third kappa shape index (κ3) is 4.83. The van der Waals surface area contributed by atoms with Gasteiger partial charge in [-0.1, -0.05) is 54.2 Å². The molecule has 1 heterocycles. The molecular weight excluding hydrogens is 388 g/mol. The number of fused-ring (bicyclic) bond motifs is 1. The molecule has 7 nitrogen and oxygen atoms in total. The molecule has 0 unspecified atom stereocenters. The molecule has 0 saturated carbocycles. The van der Waals surface area contributed by atoms with Gasteiger partial charge in [0.25, 0.3) is 5.56 Å². The summed E-state index contributed by atoms with van der Waals surface area (Å²) in [4.78, 5) is 41.3. The van der Waals surface area contributed by atoms with E-state index in [0.717, 1.165) is 5.56 Å². The summed E-state index contributed by atoms with van der Waals surface area (Å²) >= 11 is 1.17. The zero-order valence-corrected chi connectivity index (χ0v) is 17.0. The van der Waals surface area contributed by atoms with Crippen LogP contribution in [0.3, 0.4) is 0 Å². The second-order valence-electron chi connectivity index (χ2n) is 6.41. The van der Waals surface area contributed by atoms with E-state index in [4.69, 9.17) is 0 Å². The van der Waals surface area contributed by atoms with Gasteiger partial charge >= 0.3 is 0 Å². The lowest BCUT2D eigenvalue weighted by atomic mass is 10.1. The number of nitrogens with one attached hydrogen (secondary N) is 2. The third-order valence-electron chi connectivity index (χ3n) is 4.50. The fourth-order valence-electron chi connectivity index (χ4n) is 2.90. The summed E-state index contributed by atoms with van der Waals surface area (Å²) in [5, 5.41) is 5.98. The van der Waals surface area contributed by atoms with Crippen LogP contribution in [-0.4, -0.2) is 40.7 Å². The molecule has 1 aromatic heterocycles. The quantitative estimate of drug-likeness (QED) is 0.459. The molecular formula is C21H22N4O3S. The number of thioether (sulfide) groups is 1. The third-order valence-corrected chi connectivity index (χ3v) is 5.45. The SMILES string of the molecule is CNC(=O)CNC(=O)CSc1nc2ccccc2c(=O)n1[C@H](C)c1ccccc1. The van der Waals surface area contributed by atoms with Crippen LogP contribution >= 0.6 is 11.8 Å². The zero-order chi connectivity index (χ0) is 20.8. The van der Waals surface area contributed by atoms with E-state index in [9.17, 15) is 14.4 Å². The van der Waals surface area contributed by atoms with E-state index in [1.807, 2.05) is 49.4 Å². The van der Waals surface area contributed by atoms with Gasteiger partial charge in [0.15, 0.2) is 5.16 Å². The molecule has 2 amide bonds. The Labute approximate surface area is 172 Å². The van der Waals surface area contributed by atoms with Crippen LogP contribution in [0.25, 0.3) is 10.9 Å². The fraction of sp³-hybridized carbons (Fsp3) is 0.238. The highest BCUT2D eigenvalue weighted by Gasteiger charge is 2.18. The van der Waals surface area contributed by atoms with Crippen LogP contribution < -0.4 is 16.2 Å². The lowest BCUT2D eigenvalue weighted by Crippen LogP contribution is -2.36. The lowest BCUT2D eigenvalue weighted by Gasteiger charge is -2.20. The van der Waals surface area contributed by atoms with Gasteiger partial charge in [-0.25, -0.2) is 4.98 Å². The summed E-state index contributed by atoms with van der Waals surface area (Å²) in [7, 11) is 1.51. The molecule has 0 aliphatic heterocycles. The highest BCUT2D eigenvalue weighted by Crippen LogP contribution is 2.24. The number of amides is 2. The zero-order valence-electron chi connectivity index (χ0n) is 16.2. The molecule has 1 atom stereocenters. The van der Waals surface area contributed by atoms with Crippen molar-refractivity contribution in [3.63, 3.8) is 0 Å². The fourth-order valence-corrected chi connectivity index (χ4v) is 3.80. The van der Waals surface area contributed by atoms with Crippen molar-refractivity contribution in [1.29, 1.82) is 0 Å². The number of hydrogen-bond acceptors (Lipinski definition) is 5. The van der Waals surface area contributed by atoms with Crippen molar-refractivity contribution in [2.75, 3.05) is 19.3 Å². The van der Waals surface area contributed by atoms with Crippen LogP contribution in [0.4, 0.5) is 0 Å². The number of nitrogens with zero attached hydrogens (tertiary/aromatic N) is 2. The summed E-state index contributed by atoms with van der Waals surface area (Å²) in [5.74, 6) is -0.537. The van der Waals surface area contributed by atoms with E-state index in [2.05, 4.69) is 15.6 Å². The molecule has 0 saturated heterocycles. The summed E-state index contributed by atoms with van der Waals surface area (Å²) in [5.41, 5.74) is 1.40. The number of benzene rings is 2. The van der Waals surface area contributed by atoms with Gasteiger partial charge in [-0.15, -0.1) is 0 Å². The first kappa shape index (κ1) is 20.6. The topological polar surface area (TPSA) is 93.1 Å². The minimum absolute atomic E-state index is 0.0449. The number of hydrogen-bond donors (Lipinski definition) is 2. The first-order chi connectivity index (χ1) is 14.0. The largest absolute Gasteiger partial charge is 0.358 e. The summed E-state index contributed by atoms with van der Waals surface area (Å²) in [6, 6.07) is 16.6. The van der Waals surface area contributed by atoms with Crippen molar-refractivity contribution in [3.8, 4) is 0 Å². The maximum Gasteiger partial charge on any atom is 0.262 e. The number of carbonyl (C=O) groups is 2. The van der Waals surface area contributed by atoms with Crippen LogP contribution in [0.2, 0.25) is 0 Å². The molecule has 0 fully saturated rings. The van der Waals surface area contributed by atoms with Crippen LogP contribution in [0, 0.1) is 0 Å². The van der Waals surface area contributed by atoms with E-state index < -0.39 is 0 Å². The Balaban J connectivity index is 1.93. The second-order valence-corrected chi connectivity index (χ2v) is 7.35. The molecule has 2 N–H and O–H groups in total. The van der Waals surface area contributed by atoms with Crippen molar-refractivity contribution < 1.29 is 9.59 Å². The van der Waals surface area contributed by atoms with Crippen molar-refractivity contribution in [2.24, 2.45) is 0 Å². The molecule has 0 bridgehead atoms. The van der Waals surface area contributed by atoms with E-state index in [1.165, 1.54) is 18.8 Å². The van der Waals surface area contributed by atoms with Crippen molar-refractivity contribution in [3.05, 3.63) is 70.5 Å². The number of rotatable bonds is 7.